The molecular weight excluding hydrogens is 236 g/mol. The number of carbonyl (C=O) groups is 1. The van der Waals surface area contributed by atoms with Crippen molar-refractivity contribution < 1.29 is 13.6 Å². The third kappa shape index (κ3) is 2.71. The molecule has 0 amide bonds. The summed E-state index contributed by atoms with van der Waals surface area (Å²) in [6.45, 7) is 1.37. The molecule has 0 fully saturated rings. The van der Waals surface area contributed by atoms with Gasteiger partial charge in [-0.05, 0) is 49.4 Å². The van der Waals surface area contributed by atoms with E-state index in [4.69, 9.17) is 0 Å². The van der Waals surface area contributed by atoms with Crippen LogP contribution in [-0.2, 0) is 0 Å². The minimum absolute atomic E-state index is 0.237. The molecule has 0 aliphatic carbocycles. The number of nitrogens with one attached hydrogen (secondary N) is 1. The van der Waals surface area contributed by atoms with Crippen molar-refractivity contribution in [3.63, 3.8) is 0 Å². The standard InChI is InChI=1S/C14H11F2NO/c1-9(18)13-8-11(16)4-7-14(13)17-12-5-2-10(15)3-6-12/h2-8,17H,1H3. The molecule has 0 spiro atoms. The average molecular weight is 247 g/mol. The molecule has 2 rings (SSSR count). The van der Waals surface area contributed by atoms with E-state index in [2.05, 4.69) is 5.32 Å². The first-order chi connectivity index (χ1) is 8.56. The Kier molecular flexibility index (Phi) is 3.37. The van der Waals surface area contributed by atoms with Gasteiger partial charge in [0.2, 0.25) is 0 Å². The molecule has 0 saturated carbocycles. The van der Waals surface area contributed by atoms with E-state index < -0.39 is 5.82 Å². The Labute approximate surface area is 103 Å². The Balaban J connectivity index is 2.34. The lowest BCUT2D eigenvalue weighted by atomic mass is 10.1. The molecule has 0 radical (unpaired) electrons. The monoisotopic (exact) mass is 247 g/mol. The van der Waals surface area contributed by atoms with Gasteiger partial charge in [-0.15, -0.1) is 0 Å². The summed E-state index contributed by atoms with van der Waals surface area (Å²) in [5.74, 6) is -1.05. The van der Waals surface area contributed by atoms with Crippen LogP contribution in [0.25, 0.3) is 0 Å². The van der Waals surface area contributed by atoms with Crippen molar-refractivity contribution in [2.24, 2.45) is 0 Å². The summed E-state index contributed by atoms with van der Waals surface area (Å²) in [6, 6.07) is 9.62. The van der Waals surface area contributed by atoms with Crippen molar-refractivity contribution >= 4 is 17.2 Å². The van der Waals surface area contributed by atoms with E-state index in [1.54, 1.807) is 12.1 Å². The van der Waals surface area contributed by atoms with Gasteiger partial charge in [-0.3, -0.25) is 4.79 Å². The van der Waals surface area contributed by atoms with Gasteiger partial charge in [0.05, 0.1) is 0 Å². The van der Waals surface area contributed by atoms with Crippen LogP contribution in [0.1, 0.15) is 17.3 Å². The van der Waals surface area contributed by atoms with Crippen LogP contribution in [0.4, 0.5) is 20.2 Å². The zero-order valence-electron chi connectivity index (χ0n) is 9.71. The number of hydrogen-bond acceptors (Lipinski definition) is 2. The third-order valence-electron chi connectivity index (χ3n) is 2.48. The molecule has 0 aromatic heterocycles. The molecule has 0 heterocycles. The summed E-state index contributed by atoms with van der Waals surface area (Å²) in [4.78, 5) is 11.4. The summed E-state index contributed by atoms with van der Waals surface area (Å²) < 4.78 is 25.8. The largest absolute Gasteiger partial charge is 0.355 e. The number of Topliss-reactive ketones (excluding diaryl/α,β-unsaturated/α-hetero) is 1. The van der Waals surface area contributed by atoms with Crippen molar-refractivity contribution in [3.05, 3.63) is 59.7 Å². The Bertz CT molecular complexity index is 579. The molecule has 0 atom stereocenters. The first-order valence-electron chi connectivity index (χ1n) is 5.39. The highest BCUT2D eigenvalue weighted by Crippen LogP contribution is 2.22. The van der Waals surface area contributed by atoms with Crippen molar-refractivity contribution in [3.8, 4) is 0 Å². The van der Waals surface area contributed by atoms with Crippen molar-refractivity contribution in [1.82, 2.24) is 0 Å². The van der Waals surface area contributed by atoms with E-state index >= 15 is 0 Å². The predicted octanol–water partition coefficient (Wildman–Crippen LogP) is 3.91. The number of benzene rings is 2. The Morgan fingerprint density at radius 2 is 1.61 bits per heavy atom. The average Bonchev–Trinajstić information content (AvgIpc) is 2.34. The quantitative estimate of drug-likeness (QED) is 0.833. The summed E-state index contributed by atoms with van der Waals surface area (Å²) >= 11 is 0. The molecule has 0 unspecified atom stereocenters. The van der Waals surface area contributed by atoms with E-state index in [1.807, 2.05) is 0 Å². The van der Waals surface area contributed by atoms with Crippen molar-refractivity contribution in [2.75, 3.05) is 5.32 Å². The molecule has 1 N–H and O–H groups in total. The third-order valence-corrected chi connectivity index (χ3v) is 2.48. The highest BCUT2D eigenvalue weighted by Gasteiger charge is 2.08. The molecule has 92 valence electrons. The normalized spacial score (nSPS) is 10.2. The zero-order valence-corrected chi connectivity index (χ0v) is 9.71. The minimum Gasteiger partial charge on any atom is -0.355 e. The van der Waals surface area contributed by atoms with Crippen LogP contribution in [-0.4, -0.2) is 5.78 Å². The van der Waals surface area contributed by atoms with Gasteiger partial charge in [0.1, 0.15) is 11.6 Å². The maximum atomic E-state index is 13.1. The van der Waals surface area contributed by atoms with Gasteiger partial charge in [0, 0.05) is 16.9 Å². The molecule has 2 aromatic rings. The Hall–Kier alpha value is -2.23. The van der Waals surface area contributed by atoms with Crippen LogP contribution >= 0.6 is 0 Å². The molecule has 0 saturated heterocycles. The van der Waals surface area contributed by atoms with Crippen molar-refractivity contribution in [1.29, 1.82) is 0 Å². The zero-order chi connectivity index (χ0) is 13.1. The first kappa shape index (κ1) is 12.2. The topological polar surface area (TPSA) is 29.1 Å². The molecule has 0 aliphatic rings. The molecule has 4 heteroatoms. The van der Waals surface area contributed by atoms with E-state index in [9.17, 15) is 13.6 Å². The van der Waals surface area contributed by atoms with Crippen LogP contribution < -0.4 is 5.32 Å². The Morgan fingerprint density at radius 1 is 1.00 bits per heavy atom. The molecule has 0 bridgehead atoms. The second kappa shape index (κ2) is 4.96. The predicted molar refractivity (Wildman–Crippen MR) is 66.1 cm³/mol. The van der Waals surface area contributed by atoms with Gasteiger partial charge in [-0.2, -0.15) is 0 Å². The summed E-state index contributed by atoms with van der Waals surface area (Å²) in [5.41, 5.74) is 1.39. The maximum absolute atomic E-state index is 13.1. The summed E-state index contributed by atoms with van der Waals surface area (Å²) in [7, 11) is 0. The van der Waals surface area contributed by atoms with Crippen LogP contribution in [0.5, 0.6) is 0 Å². The fourth-order valence-electron chi connectivity index (χ4n) is 1.61. The van der Waals surface area contributed by atoms with Crippen LogP contribution in [0.15, 0.2) is 42.5 Å². The van der Waals surface area contributed by atoms with Crippen molar-refractivity contribution in [2.45, 2.75) is 6.92 Å². The smallest absolute Gasteiger partial charge is 0.161 e. The Morgan fingerprint density at radius 3 is 2.22 bits per heavy atom. The highest BCUT2D eigenvalue weighted by atomic mass is 19.1. The number of carbonyl (C=O) groups excluding carboxylic acids is 1. The number of ketones is 1. The fourth-order valence-corrected chi connectivity index (χ4v) is 1.61. The second-order valence-electron chi connectivity index (χ2n) is 3.88. The fraction of sp³-hybridized carbons (Fsp3) is 0.0714. The number of anilines is 2. The highest BCUT2D eigenvalue weighted by molar-refractivity contribution is 6.00. The SMILES string of the molecule is CC(=O)c1cc(F)ccc1Nc1ccc(F)cc1. The lowest BCUT2D eigenvalue weighted by molar-refractivity contribution is 0.101. The molecule has 18 heavy (non-hydrogen) atoms. The number of halogens is 2. The van der Waals surface area contributed by atoms with Gasteiger partial charge >= 0.3 is 0 Å². The van der Waals surface area contributed by atoms with E-state index in [-0.39, 0.29) is 17.2 Å². The van der Waals surface area contributed by atoms with Gasteiger partial charge in [0.25, 0.3) is 0 Å². The van der Waals surface area contributed by atoms with Crippen LogP contribution in [0.3, 0.4) is 0 Å². The minimum atomic E-state index is -0.468. The number of rotatable bonds is 3. The van der Waals surface area contributed by atoms with E-state index in [0.29, 0.717) is 11.4 Å². The summed E-state index contributed by atoms with van der Waals surface area (Å²) in [5, 5.41) is 2.95. The van der Waals surface area contributed by atoms with Gasteiger partial charge in [0.15, 0.2) is 5.78 Å². The van der Waals surface area contributed by atoms with Gasteiger partial charge in [-0.25, -0.2) is 8.78 Å². The van der Waals surface area contributed by atoms with Crippen LogP contribution in [0, 0.1) is 11.6 Å². The van der Waals surface area contributed by atoms with E-state index in [0.717, 1.165) is 0 Å². The molecule has 2 aromatic carbocycles. The van der Waals surface area contributed by atoms with Crippen LogP contribution in [0.2, 0.25) is 0 Å². The molecular formula is C14H11F2NO. The summed E-state index contributed by atoms with van der Waals surface area (Å²) in [6.07, 6.45) is 0. The first-order valence-corrected chi connectivity index (χ1v) is 5.39. The number of hydrogen-bond donors (Lipinski definition) is 1. The lowest BCUT2D eigenvalue weighted by Gasteiger charge is -2.10. The maximum Gasteiger partial charge on any atom is 0.161 e. The van der Waals surface area contributed by atoms with Gasteiger partial charge in [-0.1, -0.05) is 0 Å². The molecule has 0 aliphatic heterocycles. The lowest BCUT2D eigenvalue weighted by Crippen LogP contribution is -2.01. The van der Waals surface area contributed by atoms with E-state index in [1.165, 1.54) is 37.3 Å². The molecule has 2 nitrogen and oxygen atoms in total. The van der Waals surface area contributed by atoms with Gasteiger partial charge < -0.3 is 5.32 Å². The second-order valence-corrected chi connectivity index (χ2v) is 3.88.